The smallest absolute Gasteiger partial charge is 0.336 e. The van der Waals surface area contributed by atoms with E-state index in [-0.39, 0.29) is 12.2 Å². The zero-order valence-electron chi connectivity index (χ0n) is 16.7. The Hall–Kier alpha value is -2.94. The van der Waals surface area contributed by atoms with Gasteiger partial charge in [-0.2, -0.15) is 13.2 Å². The summed E-state index contributed by atoms with van der Waals surface area (Å²) in [7, 11) is 0. The molecule has 1 aromatic heterocycles. The van der Waals surface area contributed by atoms with E-state index in [9.17, 15) is 22.4 Å². The Morgan fingerprint density at radius 3 is 2.35 bits per heavy atom. The summed E-state index contributed by atoms with van der Waals surface area (Å²) in [6, 6.07) is 10.7. The number of rotatable bonds is 2. The molecule has 0 amide bonds. The predicted octanol–water partition coefficient (Wildman–Crippen LogP) is 5.69. The third kappa shape index (κ3) is 3.89. The molecule has 1 atom stereocenters. The molecule has 1 aliphatic heterocycles. The van der Waals surface area contributed by atoms with Crippen molar-refractivity contribution in [2.75, 3.05) is 16.5 Å². The molecular formula is C22H19F4N3OS. The number of aryl methyl sites for hydroxylation is 2. The highest BCUT2D eigenvalue weighted by molar-refractivity contribution is 7.80. The lowest BCUT2D eigenvalue weighted by atomic mass is 10.0. The fourth-order valence-electron chi connectivity index (χ4n) is 3.86. The monoisotopic (exact) mass is 449 g/mol. The maximum atomic E-state index is 13.7. The zero-order valence-corrected chi connectivity index (χ0v) is 17.6. The van der Waals surface area contributed by atoms with E-state index in [1.807, 2.05) is 4.90 Å². The second-order valence-electron chi connectivity index (χ2n) is 7.45. The summed E-state index contributed by atoms with van der Waals surface area (Å²) in [6.45, 7) is 3.60. The minimum atomic E-state index is -4.50. The van der Waals surface area contributed by atoms with Gasteiger partial charge in [-0.3, -0.25) is 4.79 Å². The summed E-state index contributed by atoms with van der Waals surface area (Å²) in [5.41, 5.74) is 2.35. The minimum absolute atomic E-state index is 0.155. The first kappa shape index (κ1) is 21.3. The summed E-state index contributed by atoms with van der Waals surface area (Å²) in [5, 5.41) is -0.557. The van der Waals surface area contributed by atoms with Crippen LogP contribution in [0, 0.1) is 19.7 Å². The van der Waals surface area contributed by atoms with Gasteiger partial charge in [0.2, 0.25) is 5.56 Å². The van der Waals surface area contributed by atoms with Gasteiger partial charge in [-0.15, -0.1) is 12.6 Å². The van der Waals surface area contributed by atoms with Crippen LogP contribution in [0.25, 0.3) is 0 Å². The molecular weight excluding hydrogens is 430 g/mol. The van der Waals surface area contributed by atoms with Crippen LogP contribution in [0.15, 0.2) is 53.3 Å². The Morgan fingerprint density at radius 1 is 1.00 bits per heavy atom. The van der Waals surface area contributed by atoms with Crippen molar-refractivity contribution >= 4 is 29.7 Å². The summed E-state index contributed by atoms with van der Waals surface area (Å²) < 4.78 is 54.0. The fraction of sp³-hybridized carbons (Fsp3) is 0.227. The molecule has 162 valence electrons. The Morgan fingerprint density at radius 2 is 1.71 bits per heavy atom. The third-order valence-electron chi connectivity index (χ3n) is 5.36. The van der Waals surface area contributed by atoms with Crippen molar-refractivity contribution in [1.29, 1.82) is 0 Å². The van der Waals surface area contributed by atoms with Gasteiger partial charge in [-0.05, 0) is 55.8 Å². The molecule has 3 aromatic rings. The van der Waals surface area contributed by atoms with Crippen molar-refractivity contribution in [3.05, 3.63) is 87.1 Å². The van der Waals surface area contributed by atoms with Crippen LogP contribution in [0.1, 0.15) is 27.8 Å². The normalized spacial score (nSPS) is 16.4. The van der Waals surface area contributed by atoms with Gasteiger partial charge in [-0.1, -0.05) is 6.07 Å². The number of aromatic nitrogens is 1. The van der Waals surface area contributed by atoms with Gasteiger partial charge < -0.3 is 14.8 Å². The quantitative estimate of drug-likeness (QED) is 0.390. The van der Waals surface area contributed by atoms with Crippen molar-refractivity contribution in [3.63, 3.8) is 0 Å². The van der Waals surface area contributed by atoms with E-state index >= 15 is 0 Å². The number of halogens is 4. The molecule has 0 saturated heterocycles. The van der Waals surface area contributed by atoms with E-state index in [1.165, 1.54) is 24.3 Å². The lowest BCUT2D eigenvalue weighted by molar-refractivity contribution is -0.137. The van der Waals surface area contributed by atoms with Crippen LogP contribution in [0.5, 0.6) is 0 Å². The van der Waals surface area contributed by atoms with Gasteiger partial charge >= 0.3 is 6.18 Å². The van der Waals surface area contributed by atoms with E-state index in [0.717, 1.165) is 12.1 Å². The van der Waals surface area contributed by atoms with Crippen LogP contribution in [0.4, 0.5) is 34.6 Å². The number of nitrogens with one attached hydrogen (secondary N) is 1. The van der Waals surface area contributed by atoms with Crippen molar-refractivity contribution in [3.8, 4) is 0 Å². The van der Waals surface area contributed by atoms with Crippen molar-refractivity contribution in [2.24, 2.45) is 0 Å². The standard InChI is InChI=1S/C22H19F4N3OS/c1-12-9-15(23)4-6-17(12)28-11-29(18-7-8-20(30)27-13(18)2)21(31)16-5-3-14(10-19(16)28)22(24,25)26/h3-10,21,31H,11H2,1-2H3,(H,27,30). The number of benzene rings is 2. The zero-order chi connectivity index (χ0) is 22.5. The number of H-pyrrole nitrogens is 1. The van der Waals surface area contributed by atoms with Gasteiger partial charge in [0.05, 0.1) is 17.9 Å². The first-order chi connectivity index (χ1) is 14.6. The van der Waals surface area contributed by atoms with Crippen molar-refractivity contribution in [1.82, 2.24) is 4.98 Å². The highest BCUT2D eigenvalue weighted by atomic mass is 32.1. The van der Waals surface area contributed by atoms with Gasteiger partial charge in [0, 0.05) is 28.7 Å². The van der Waals surface area contributed by atoms with Crippen LogP contribution in [-0.4, -0.2) is 11.7 Å². The lowest BCUT2D eigenvalue weighted by Gasteiger charge is -2.44. The molecule has 0 bridgehead atoms. The van der Waals surface area contributed by atoms with Gasteiger partial charge in [0.15, 0.2) is 0 Å². The van der Waals surface area contributed by atoms with Gasteiger partial charge in [0.1, 0.15) is 11.2 Å². The summed E-state index contributed by atoms with van der Waals surface area (Å²) in [4.78, 5) is 18.0. The van der Waals surface area contributed by atoms with E-state index in [0.29, 0.717) is 33.9 Å². The number of hydrogen-bond donors (Lipinski definition) is 2. The van der Waals surface area contributed by atoms with E-state index in [1.54, 1.807) is 30.9 Å². The molecule has 0 spiro atoms. The third-order valence-corrected chi connectivity index (χ3v) is 5.92. The number of fused-ring (bicyclic) bond motifs is 1. The molecule has 1 unspecified atom stereocenters. The molecule has 4 rings (SSSR count). The number of thiol groups is 1. The first-order valence-corrected chi connectivity index (χ1v) is 9.97. The largest absolute Gasteiger partial charge is 0.416 e. The molecule has 0 saturated carbocycles. The molecule has 9 heteroatoms. The SMILES string of the molecule is Cc1cc(F)ccc1N1CN(c2ccc(=O)[nH]c2C)C(S)c2ccc(C(F)(F)F)cc21. The molecule has 0 aliphatic carbocycles. The molecule has 0 radical (unpaired) electrons. The molecule has 4 nitrogen and oxygen atoms in total. The van der Waals surface area contributed by atoms with Crippen LogP contribution >= 0.6 is 12.6 Å². The number of alkyl halides is 3. The van der Waals surface area contributed by atoms with Crippen LogP contribution in [0.2, 0.25) is 0 Å². The van der Waals surface area contributed by atoms with E-state index < -0.39 is 22.9 Å². The van der Waals surface area contributed by atoms with Gasteiger partial charge in [0.25, 0.3) is 0 Å². The Bertz CT molecular complexity index is 1210. The molecule has 2 heterocycles. The lowest BCUT2D eigenvalue weighted by Crippen LogP contribution is -2.42. The molecule has 0 fully saturated rings. The summed E-state index contributed by atoms with van der Waals surface area (Å²) in [5.74, 6) is -0.428. The first-order valence-electron chi connectivity index (χ1n) is 9.46. The Labute approximate surface area is 181 Å². The minimum Gasteiger partial charge on any atom is -0.336 e. The highest BCUT2D eigenvalue weighted by Crippen LogP contribution is 2.46. The van der Waals surface area contributed by atoms with Crippen molar-refractivity contribution in [2.45, 2.75) is 25.4 Å². The number of anilines is 3. The van der Waals surface area contributed by atoms with Crippen molar-refractivity contribution < 1.29 is 17.6 Å². The number of aromatic amines is 1. The summed E-state index contributed by atoms with van der Waals surface area (Å²) >= 11 is 4.69. The second-order valence-corrected chi connectivity index (χ2v) is 7.94. The second kappa shape index (κ2) is 7.64. The predicted molar refractivity (Wildman–Crippen MR) is 116 cm³/mol. The Balaban J connectivity index is 1.91. The highest BCUT2D eigenvalue weighted by Gasteiger charge is 2.36. The molecule has 1 N–H and O–H groups in total. The average molecular weight is 449 g/mol. The number of pyridine rings is 1. The number of hydrogen-bond acceptors (Lipinski definition) is 4. The van der Waals surface area contributed by atoms with E-state index in [2.05, 4.69) is 17.6 Å². The molecule has 1 aliphatic rings. The summed E-state index contributed by atoms with van der Waals surface area (Å²) in [6.07, 6.45) is -4.50. The maximum Gasteiger partial charge on any atom is 0.416 e. The van der Waals surface area contributed by atoms with Crippen LogP contribution < -0.4 is 15.4 Å². The molecule has 2 aromatic carbocycles. The fourth-order valence-corrected chi connectivity index (χ4v) is 4.28. The van der Waals surface area contributed by atoms with Gasteiger partial charge in [-0.25, -0.2) is 4.39 Å². The van der Waals surface area contributed by atoms with E-state index in [4.69, 9.17) is 0 Å². The Kier molecular flexibility index (Phi) is 5.25. The van der Waals surface area contributed by atoms with Crippen LogP contribution in [-0.2, 0) is 6.18 Å². The number of nitrogens with zero attached hydrogens (tertiary/aromatic N) is 2. The van der Waals surface area contributed by atoms with Crippen LogP contribution in [0.3, 0.4) is 0 Å². The average Bonchev–Trinajstić information content (AvgIpc) is 2.68. The topological polar surface area (TPSA) is 39.3 Å². The maximum absolute atomic E-state index is 13.7. The molecule has 31 heavy (non-hydrogen) atoms.